The lowest BCUT2D eigenvalue weighted by Crippen LogP contribution is -2.30. The molecule has 0 bridgehead atoms. The Bertz CT molecular complexity index is 472. The van der Waals surface area contributed by atoms with Crippen LogP contribution in [0.1, 0.15) is 13.8 Å². The number of nitrogens with one attached hydrogen (secondary N) is 2. The summed E-state index contributed by atoms with van der Waals surface area (Å²) in [6.45, 7) is 3.41. The molecule has 0 aromatic heterocycles. The van der Waals surface area contributed by atoms with Gasteiger partial charge in [0.2, 0.25) is 10.0 Å². The smallest absolute Gasteiger partial charge is 0.240 e. The summed E-state index contributed by atoms with van der Waals surface area (Å²) in [7, 11) is -2.06. The van der Waals surface area contributed by atoms with Crippen molar-refractivity contribution in [1.29, 1.82) is 0 Å². The van der Waals surface area contributed by atoms with Crippen molar-refractivity contribution in [3.05, 3.63) is 24.0 Å². The van der Waals surface area contributed by atoms with Gasteiger partial charge in [-0.1, -0.05) is 0 Å². The Hall–Kier alpha value is -1.14. The molecule has 0 amide bonds. The van der Waals surface area contributed by atoms with Crippen LogP contribution in [0.15, 0.2) is 23.1 Å². The van der Waals surface area contributed by atoms with Crippen LogP contribution in [0.5, 0.6) is 0 Å². The van der Waals surface area contributed by atoms with E-state index in [-0.39, 0.29) is 16.6 Å². The Morgan fingerprint density at radius 2 is 1.94 bits per heavy atom. The topological polar surface area (TPSA) is 58.2 Å². The van der Waals surface area contributed by atoms with Crippen LogP contribution in [0.2, 0.25) is 0 Å². The number of hydrogen-bond donors (Lipinski definition) is 2. The van der Waals surface area contributed by atoms with Crippen molar-refractivity contribution < 1.29 is 12.8 Å². The quantitative estimate of drug-likeness (QED) is 0.847. The minimum absolute atomic E-state index is 0.0716. The van der Waals surface area contributed by atoms with E-state index in [9.17, 15) is 12.8 Å². The SMILES string of the molecule is CNc1ccc(S(=O)(=O)NC(C)C)cc1F. The van der Waals surface area contributed by atoms with Crippen LogP contribution in [-0.4, -0.2) is 21.5 Å². The minimum Gasteiger partial charge on any atom is -0.386 e. The zero-order valence-electron chi connectivity index (χ0n) is 9.41. The Morgan fingerprint density at radius 1 is 1.31 bits per heavy atom. The normalized spacial score (nSPS) is 11.8. The average molecular weight is 246 g/mol. The van der Waals surface area contributed by atoms with Crippen molar-refractivity contribution >= 4 is 15.7 Å². The molecule has 0 aliphatic rings. The third-order valence-electron chi connectivity index (χ3n) is 1.91. The van der Waals surface area contributed by atoms with Crippen LogP contribution in [0.3, 0.4) is 0 Å². The van der Waals surface area contributed by atoms with Crippen molar-refractivity contribution in [1.82, 2.24) is 4.72 Å². The molecular weight excluding hydrogens is 231 g/mol. The van der Waals surface area contributed by atoms with E-state index in [1.165, 1.54) is 12.1 Å². The zero-order valence-corrected chi connectivity index (χ0v) is 10.2. The highest BCUT2D eigenvalue weighted by Gasteiger charge is 2.16. The predicted octanol–water partition coefficient (Wildman–Crippen LogP) is 1.55. The fraction of sp³-hybridized carbons (Fsp3) is 0.400. The number of benzene rings is 1. The fourth-order valence-electron chi connectivity index (χ4n) is 1.24. The lowest BCUT2D eigenvalue weighted by molar-refractivity contribution is 0.567. The van der Waals surface area contributed by atoms with E-state index in [2.05, 4.69) is 10.0 Å². The largest absolute Gasteiger partial charge is 0.386 e. The van der Waals surface area contributed by atoms with E-state index in [0.717, 1.165) is 6.07 Å². The molecule has 0 saturated heterocycles. The molecule has 0 aliphatic carbocycles. The van der Waals surface area contributed by atoms with E-state index in [1.54, 1.807) is 20.9 Å². The van der Waals surface area contributed by atoms with Gasteiger partial charge in [0.25, 0.3) is 0 Å². The van der Waals surface area contributed by atoms with Crippen molar-refractivity contribution in [2.24, 2.45) is 0 Å². The van der Waals surface area contributed by atoms with Gasteiger partial charge in [0, 0.05) is 13.1 Å². The van der Waals surface area contributed by atoms with Gasteiger partial charge in [-0.3, -0.25) is 0 Å². The number of rotatable bonds is 4. The Balaban J connectivity index is 3.10. The first-order chi connectivity index (χ1) is 7.36. The molecule has 0 atom stereocenters. The van der Waals surface area contributed by atoms with E-state index in [0.29, 0.717) is 0 Å². The van der Waals surface area contributed by atoms with Crippen LogP contribution >= 0.6 is 0 Å². The number of sulfonamides is 1. The van der Waals surface area contributed by atoms with Gasteiger partial charge in [-0.05, 0) is 32.0 Å². The molecule has 0 spiro atoms. The molecule has 2 N–H and O–H groups in total. The lowest BCUT2D eigenvalue weighted by atomic mass is 10.3. The van der Waals surface area contributed by atoms with Crippen LogP contribution in [0.4, 0.5) is 10.1 Å². The lowest BCUT2D eigenvalue weighted by Gasteiger charge is -2.10. The molecule has 6 heteroatoms. The van der Waals surface area contributed by atoms with E-state index in [1.807, 2.05) is 0 Å². The number of hydrogen-bond acceptors (Lipinski definition) is 3. The maximum Gasteiger partial charge on any atom is 0.240 e. The molecule has 1 aromatic carbocycles. The van der Waals surface area contributed by atoms with Crippen molar-refractivity contribution in [2.45, 2.75) is 24.8 Å². The summed E-state index contributed by atoms with van der Waals surface area (Å²) in [6.07, 6.45) is 0. The van der Waals surface area contributed by atoms with E-state index >= 15 is 0 Å². The van der Waals surface area contributed by atoms with Gasteiger partial charge in [-0.15, -0.1) is 0 Å². The number of anilines is 1. The second-order valence-electron chi connectivity index (χ2n) is 3.67. The van der Waals surface area contributed by atoms with Crippen molar-refractivity contribution in [2.75, 3.05) is 12.4 Å². The highest BCUT2D eigenvalue weighted by Crippen LogP contribution is 2.18. The molecule has 0 radical (unpaired) electrons. The Labute approximate surface area is 94.9 Å². The average Bonchev–Trinajstić information content (AvgIpc) is 2.15. The van der Waals surface area contributed by atoms with Gasteiger partial charge in [-0.2, -0.15) is 0 Å². The van der Waals surface area contributed by atoms with Gasteiger partial charge >= 0.3 is 0 Å². The van der Waals surface area contributed by atoms with Gasteiger partial charge in [-0.25, -0.2) is 17.5 Å². The molecule has 16 heavy (non-hydrogen) atoms. The first-order valence-electron chi connectivity index (χ1n) is 4.86. The van der Waals surface area contributed by atoms with Gasteiger partial charge in [0.1, 0.15) is 5.82 Å². The predicted molar refractivity (Wildman–Crippen MR) is 61.4 cm³/mol. The summed E-state index contributed by atoms with van der Waals surface area (Å²) in [4.78, 5) is -0.0716. The Morgan fingerprint density at radius 3 is 2.38 bits per heavy atom. The molecule has 90 valence electrons. The monoisotopic (exact) mass is 246 g/mol. The summed E-state index contributed by atoms with van der Waals surface area (Å²) in [5.74, 6) is -0.589. The molecule has 0 heterocycles. The third-order valence-corrected chi connectivity index (χ3v) is 3.57. The van der Waals surface area contributed by atoms with Crippen LogP contribution < -0.4 is 10.0 Å². The van der Waals surface area contributed by atoms with E-state index in [4.69, 9.17) is 0 Å². The maximum absolute atomic E-state index is 13.4. The van der Waals surface area contributed by atoms with E-state index < -0.39 is 15.8 Å². The molecular formula is C10H15FN2O2S. The third kappa shape index (κ3) is 2.93. The number of halogens is 1. The van der Waals surface area contributed by atoms with Gasteiger partial charge < -0.3 is 5.32 Å². The summed E-state index contributed by atoms with van der Waals surface area (Å²) < 4.78 is 39.1. The highest BCUT2D eigenvalue weighted by atomic mass is 32.2. The van der Waals surface area contributed by atoms with Crippen LogP contribution in [-0.2, 0) is 10.0 Å². The van der Waals surface area contributed by atoms with Crippen molar-refractivity contribution in [3.63, 3.8) is 0 Å². The maximum atomic E-state index is 13.4. The van der Waals surface area contributed by atoms with Crippen molar-refractivity contribution in [3.8, 4) is 0 Å². The Kier molecular flexibility index (Phi) is 3.88. The fourth-order valence-corrected chi connectivity index (χ4v) is 2.51. The zero-order chi connectivity index (χ0) is 12.3. The molecule has 0 aliphatic heterocycles. The molecule has 1 aromatic rings. The molecule has 4 nitrogen and oxygen atoms in total. The summed E-state index contributed by atoms with van der Waals surface area (Å²) in [6, 6.07) is 3.53. The molecule has 0 unspecified atom stereocenters. The van der Waals surface area contributed by atoms with Crippen LogP contribution in [0.25, 0.3) is 0 Å². The molecule has 0 saturated carbocycles. The summed E-state index contributed by atoms with van der Waals surface area (Å²) in [5.41, 5.74) is 0.267. The second kappa shape index (κ2) is 4.80. The first-order valence-corrected chi connectivity index (χ1v) is 6.35. The second-order valence-corrected chi connectivity index (χ2v) is 5.38. The summed E-state index contributed by atoms with van der Waals surface area (Å²) in [5, 5.41) is 2.62. The minimum atomic E-state index is -3.62. The summed E-state index contributed by atoms with van der Waals surface area (Å²) >= 11 is 0. The first kappa shape index (κ1) is 12.9. The van der Waals surface area contributed by atoms with Gasteiger partial charge in [0.15, 0.2) is 0 Å². The standard InChI is InChI=1S/C10H15FN2O2S/c1-7(2)13-16(14,15)8-4-5-10(12-3)9(11)6-8/h4-7,12-13H,1-3H3. The van der Waals surface area contributed by atoms with Crippen LogP contribution in [0, 0.1) is 5.82 Å². The highest BCUT2D eigenvalue weighted by molar-refractivity contribution is 7.89. The molecule has 1 rings (SSSR count). The van der Waals surface area contributed by atoms with Gasteiger partial charge in [0.05, 0.1) is 10.6 Å². The molecule has 0 fully saturated rings.